The van der Waals surface area contributed by atoms with Crippen molar-refractivity contribution in [1.29, 1.82) is 0 Å². The number of hydrogen-bond acceptors (Lipinski definition) is 3. The molecule has 1 aromatic carbocycles. The minimum Gasteiger partial charge on any atom is -0.339 e. The molecular formula is C20H21Cl2F3N4O. The van der Waals surface area contributed by atoms with Gasteiger partial charge in [-0.15, -0.1) is 0 Å². The van der Waals surface area contributed by atoms with E-state index in [2.05, 4.69) is 5.10 Å². The number of rotatable bonds is 6. The summed E-state index contributed by atoms with van der Waals surface area (Å²) in [6.07, 6.45) is -1.06. The second kappa shape index (κ2) is 8.77. The summed E-state index contributed by atoms with van der Waals surface area (Å²) < 4.78 is 41.7. The van der Waals surface area contributed by atoms with Crippen molar-refractivity contribution in [1.82, 2.24) is 19.6 Å². The van der Waals surface area contributed by atoms with Crippen LogP contribution in [0.1, 0.15) is 42.1 Å². The van der Waals surface area contributed by atoms with E-state index in [1.807, 2.05) is 4.90 Å². The number of piperazine rings is 1. The van der Waals surface area contributed by atoms with Gasteiger partial charge in [0.1, 0.15) is 18.1 Å². The number of nitrogens with zero attached hydrogens (tertiary/aromatic N) is 4. The van der Waals surface area contributed by atoms with Gasteiger partial charge in [-0.3, -0.25) is 14.4 Å². The topological polar surface area (TPSA) is 41.4 Å². The van der Waals surface area contributed by atoms with Gasteiger partial charge in [-0.1, -0.05) is 29.3 Å². The smallest absolute Gasteiger partial charge is 0.283 e. The fourth-order valence-corrected chi connectivity index (χ4v) is 4.36. The number of hydrogen-bond donors (Lipinski definition) is 0. The van der Waals surface area contributed by atoms with Crippen molar-refractivity contribution < 1.29 is 18.0 Å². The summed E-state index contributed by atoms with van der Waals surface area (Å²) in [4.78, 5) is 16.5. The molecule has 1 saturated heterocycles. The Kier molecular flexibility index (Phi) is 6.27. The Bertz CT molecular complexity index is 920. The van der Waals surface area contributed by atoms with Gasteiger partial charge in [-0.2, -0.15) is 5.10 Å². The highest BCUT2D eigenvalue weighted by Gasteiger charge is 2.35. The molecule has 30 heavy (non-hydrogen) atoms. The van der Waals surface area contributed by atoms with Gasteiger partial charge >= 0.3 is 0 Å². The third-order valence-electron chi connectivity index (χ3n) is 5.58. The molecule has 0 atom stereocenters. The summed E-state index contributed by atoms with van der Waals surface area (Å²) in [6, 6.07) is 4.59. The summed E-state index contributed by atoms with van der Waals surface area (Å²) in [5.74, 6) is -0.452. The van der Waals surface area contributed by atoms with E-state index in [1.165, 1.54) is 10.7 Å². The predicted octanol–water partition coefficient (Wildman–Crippen LogP) is 4.49. The molecule has 0 spiro atoms. The fourth-order valence-electron chi connectivity index (χ4n) is 3.77. The van der Waals surface area contributed by atoms with E-state index >= 15 is 0 Å². The highest BCUT2D eigenvalue weighted by molar-refractivity contribution is 6.32. The van der Waals surface area contributed by atoms with Gasteiger partial charge in [0.05, 0.1) is 10.7 Å². The van der Waals surface area contributed by atoms with E-state index in [0.717, 1.165) is 12.8 Å². The molecule has 2 heterocycles. The van der Waals surface area contributed by atoms with Crippen LogP contribution in [0, 0.1) is 5.82 Å². The van der Waals surface area contributed by atoms with Crippen molar-refractivity contribution in [2.75, 3.05) is 26.2 Å². The first-order valence-corrected chi connectivity index (χ1v) is 10.6. The normalized spacial score (nSPS) is 17.7. The number of alkyl halides is 2. The Hall–Kier alpha value is -1.77. The Morgan fingerprint density at radius 2 is 1.87 bits per heavy atom. The molecule has 4 rings (SSSR count). The van der Waals surface area contributed by atoms with E-state index in [9.17, 15) is 18.0 Å². The summed E-state index contributed by atoms with van der Waals surface area (Å²) in [7, 11) is 0. The average Bonchev–Trinajstić information content (AvgIpc) is 3.49. The Morgan fingerprint density at radius 3 is 2.47 bits per heavy atom. The quantitative estimate of drug-likeness (QED) is 0.637. The molecule has 5 nitrogen and oxygen atoms in total. The third kappa shape index (κ3) is 4.45. The second-order valence-corrected chi connectivity index (χ2v) is 8.46. The monoisotopic (exact) mass is 460 g/mol. The lowest BCUT2D eigenvalue weighted by Crippen LogP contribution is -2.49. The highest BCUT2D eigenvalue weighted by Crippen LogP contribution is 2.45. The minimum absolute atomic E-state index is 0.0214. The Morgan fingerprint density at radius 1 is 1.17 bits per heavy atom. The fraction of sp³-hybridized carbons (Fsp3) is 0.500. The zero-order chi connectivity index (χ0) is 21.4. The Labute approximate surface area is 182 Å². The molecule has 10 heteroatoms. The van der Waals surface area contributed by atoms with Gasteiger partial charge < -0.3 is 4.90 Å². The van der Waals surface area contributed by atoms with Crippen LogP contribution in [0.2, 0.25) is 10.0 Å². The third-order valence-corrected chi connectivity index (χ3v) is 6.32. The molecule has 1 saturated carbocycles. The van der Waals surface area contributed by atoms with Gasteiger partial charge in [-0.25, -0.2) is 13.2 Å². The molecule has 0 N–H and O–H groups in total. The SMILES string of the molecule is O=C(Cn1nc(C(F)F)c(Cl)c1C1CC1)N1CCN(Cc2c(F)cccc2Cl)CC1. The van der Waals surface area contributed by atoms with Crippen LogP contribution in [-0.2, 0) is 17.9 Å². The maximum Gasteiger partial charge on any atom is 0.283 e. The van der Waals surface area contributed by atoms with Crippen LogP contribution in [0.5, 0.6) is 0 Å². The van der Waals surface area contributed by atoms with Crippen molar-refractivity contribution in [2.45, 2.75) is 38.3 Å². The lowest BCUT2D eigenvalue weighted by molar-refractivity contribution is -0.133. The molecule has 162 valence electrons. The minimum atomic E-state index is -2.78. The number of halogens is 5. The molecule has 1 aromatic heterocycles. The van der Waals surface area contributed by atoms with Crippen molar-refractivity contribution in [3.63, 3.8) is 0 Å². The average molecular weight is 461 g/mol. The first-order valence-electron chi connectivity index (χ1n) is 9.82. The van der Waals surface area contributed by atoms with Crippen LogP contribution in [0.25, 0.3) is 0 Å². The maximum atomic E-state index is 14.0. The number of aromatic nitrogens is 2. The van der Waals surface area contributed by atoms with Crippen molar-refractivity contribution in [2.24, 2.45) is 0 Å². The Balaban J connectivity index is 1.38. The lowest BCUT2D eigenvalue weighted by atomic mass is 10.2. The second-order valence-electron chi connectivity index (χ2n) is 7.67. The van der Waals surface area contributed by atoms with Gasteiger partial charge in [-0.05, 0) is 25.0 Å². The molecule has 2 aromatic rings. The number of benzene rings is 1. The molecule has 0 radical (unpaired) electrons. The maximum absolute atomic E-state index is 14.0. The number of amides is 1. The zero-order valence-corrected chi connectivity index (χ0v) is 17.6. The van der Waals surface area contributed by atoms with E-state index < -0.39 is 12.1 Å². The summed E-state index contributed by atoms with van der Waals surface area (Å²) in [5, 5.41) is 4.28. The van der Waals surface area contributed by atoms with Gasteiger partial charge in [0.15, 0.2) is 0 Å². The largest absolute Gasteiger partial charge is 0.339 e. The zero-order valence-electron chi connectivity index (χ0n) is 16.1. The first kappa shape index (κ1) is 21.5. The van der Waals surface area contributed by atoms with Crippen LogP contribution >= 0.6 is 23.2 Å². The molecule has 0 bridgehead atoms. The standard InChI is InChI=1S/C20H21Cl2F3N4O/c21-14-2-1-3-15(23)13(14)10-27-6-8-28(9-7-27)16(30)11-29-19(12-4-5-12)17(22)18(26-29)20(24)25/h1-3,12,20H,4-11H2. The van der Waals surface area contributed by atoms with Crippen molar-refractivity contribution >= 4 is 29.1 Å². The van der Waals surface area contributed by atoms with E-state index in [0.29, 0.717) is 49.0 Å². The molecule has 0 unspecified atom stereocenters. The van der Waals surface area contributed by atoms with Crippen LogP contribution in [0.3, 0.4) is 0 Å². The highest BCUT2D eigenvalue weighted by atomic mass is 35.5. The molecule has 2 fully saturated rings. The van der Waals surface area contributed by atoms with Crippen LogP contribution in [0.15, 0.2) is 18.2 Å². The lowest BCUT2D eigenvalue weighted by Gasteiger charge is -2.35. The molecule has 2 aliphatic rings. The van der Waals surface area contributed by atoms with Crippen LogP contribution in [-0.4, -0.2) is 51.7 Å². The number of carbonyl (C=O) groups excluding carboxylic acids is 1. The van der Waals surface area contributed by atoms with Gasteiger partial charge in [0, 0.05) is 49.2 Å². The van der Waals surface area contributed by atoms with Gasteiger partial charge in [0.25, 0.3) is 6.43 Å². The summed E-state index contributed by atoms with van der Waals surface area (Å²) in [5.41, 5.74) is 0.518. The molecule has 1 aliphatic carbocycles. The summed E-state index contributed by atoms with van der Waals surface area (Å²) >= 11 is 12.2. The first-order chi connectivity index (χ1) is 14.3. The van der Waals surface area contributed by atoms with Gasteiger partial charge in [0.2, 0.25) is 5.91 Å². The predicted molar refractivity (Wildman–Crippen MR) is 107 cm³/mol. The number of carbonyl (C=O) groups is 1. The van der Waals surface area contributed by atoms with Crippen molar-refractivity contribution in [3.05, 3.63) is 51.0 Å². The summed E-state index contributed by atoms with van der Waals surface area (Å²) in [6.45, 7) is 2.30. The van der Waals surface area contributed by atoms with E-state index in [-0.39, 0.29) is 29.2 Å². The van der Waals surface area contributed by atoms with Crippen LogP contribution in [0.4, 0.5) is 13.2 Å². The van der Waals surface area contributed by atoms with E-state index in [1.54, 1.807) is 17.0 Å². The van der Waals surface area contributed by atoms with Crippen molar-refractivity contribution in [3.8, 4) is 0 Å². The van der Waals surface area contributed by atoms with Crippen LogP contribution < -0.4 is 0 Å². The van der Waals surface area contributed by atoms with E-state index in [4.69, 9.17) is 23.2 Å². The molecule has 1 aliphatic heterocycles. The molecule has 1 amide bonds. The molecular weight excluding hydrogens is 440 g/mol.